The Hall–Kier alpha value is -0.590. The number of sulfone groups is 1. The van der Waals surface area contributed by atoms with Crippen molar-refractivity contribution in [3.63, 3.8) is 0 Å². The fourth-order valence-electron chi connectivity index (χ4n) is 1.50. The zero-order chi connectivity index (χ0) is 12.5. The van der Waals surface area contributed by atoms with E-state index in [-0.39, 0.29) is 17.5 Å². The lowest BCUT2D eigenvalue weighted by molar-refractivity contribution is 0.586. The average Bonchev–Trinajstić information content (AvgIpc) is 2.29. The number of nitrogens with two attached hydrogens (primary N) is 1. The standard InChI is InChI=1S/C9H16ClN3O2S/c1-6(11)4-16(14,15)5-8-9(10)7(2)12-13(8)3/h6H,4-5,11H2,1-3H3. The number of aromatic nitrogens is 2. The van der Waals surface area contributed by atoms with Crippen LogP contribution in [0.4, 0.5) is 0 Å². The smallest absolute Gasteiger partial charge is 0.157 e. The van der Waals surface area contributed by atoms with Gasteiger partial charge in [0.15, 0.2) is 9.84 Å². The van der Waals surface area contributed by atoms with Crippen LogP contribution in [0.25, 0.3) is 0 Å². The van der Waals surface area contributed by atoms with Crippen LogP contribution in [0.3, 0.4) is 0 Å². The van der Waals surface area contributed by atoms with Gasteiger partial charge in [0.25, 0.3) is 0 Å². The Morgan fingerprint density at radius 2 is 2.12 bits per heavy atom. The first kappa shape index (κ1) is 13.5. The second-order valence-corrected chi connectivity index (χ2v) is 6.49. The van der Waals surface area contributed by atoms with Gasteiger partial charge in [0, 0.05) is 13.1 Å². The maximum atomic E-state index is 11.7. The molecule has 1 aromatic heterocycles. The molecule has 0 fully saturated rings. The molecule has 0 bridgehead atoms. The predicted molar refractivity (Wildman–Crippen MR) is 64.1 cm³/mol. The number of nitrogens with zero attached hydrogens (tertiary/aromatic N) is 2. The summed E-state index contributed by atoms with van der Waals surface area (Å²) in [5.74, 6) is -0.168. The second kappa shape index (κ2) is 4.73. The van der Waals surface area contributed by atoms with E-state index in [1.165, 1.54) is 4.68 Å². The minimum absolute atomic E-state index is 0.0481. The summed E-state index contributed by atoms with van der Waals surface area (Å²) < 4.78 is 25.0. The summed E-state index contributed by atoms with van der Waals surface area (Å²) in [6, 6.07) is -0.377. The summed E-state index contributed by atoms with van der Waals surface area (Å²) in [5, 5.41) is 4.48. The third-order valence-electron chi connectivity index (χ3n) is 2.14. The van der Waals surface area contributed by atoms with Gasteiger partial charge in [-0.1, -0.05) is 11.6 Å². The summed E-state index contributed by atoms with van der Waals surface area (Å²) in [5.41, 5.74) is 6.63. The summed E-state index contributed by atoms with van der Waals surface area (Å²) in [6.45, 7) is 3.40. The van der Waals surface area contributed by atoms with Crippen LogP contribution in [0, 0.1) is 6.92 Å². The highest BCUT2D eigenvalue weighted by molar-refractivity contribution is 7.90. The zero-order valence-electron chi connectivity index (χ0n) is 9.57. The monoisotopic (exact) mass is 265 g/mol. The highest BCUT2D eigenvalue weighted by Gasteiger charge is 2.20. The molecule has 16 heavy (non-hydrogen) atoms. The van der Waals surface area contributed by atoms with Crippen molar-refractivity contribution in [3.05, 3.63) is 16.4 Å². The van der Waals surface area contributed by atoms with Crippen molar-refractivity contribution in [1.29, 1.82) is 0 Å². The predicted octanol–water partition coefficient (Wildman–Crippen LogP) is 0.644. The van der Waals surface area contributed by atoms with Crippen LogP contribution < -0.4 is 5.73 Å². The third-order valence-corrected chi connectivity index (χ3v) is 4.37. The van der Waals surface area contributed by atoms with Gasteiger partial charge in [0.1, 0.15) is 0 Å². The molecule has 0 aliphatic carbocycles. The normalized spacial score (nSPS) is 14.1. The number of halogens is 1. The molecule has 0 saturated carbocycles. The van der Waals surface area contributed by atoms with Crippen LogP contribution in [0.1, 0.15) is 18.3 Å². The minimum atomic E-state index is -3.24. The second-order valence-electron chi connectivity index (χ2n) is 4.00. The lowest BCUT2D eigenvalue weighted by Gasteiger charge is -2.07. The van der Waals surface area contributed by atoms with Crippen molar-refractivity contribution in [2.75, 3.05) is 5.75 Å². The average molecular weight is 266 g/mol. The van der Waals surface area contributed by atoms with E-state index in [0.717, 1.165) is 0 Å². The molecule has 0 aromatic carbocycles. The molecular weight excluding hydrogens is 250 g/mol. The van der Waals surface area contributed by atoms with Crippen molar-refractivity contribution in [3.8, 4) is 0 Å². The van der Waals surface area contributed by atoms with Crippen LogP contribution in [0.5, 0.6) is 0 Å². The molecule has 1 unspecified atom stereocenters. The molecule has 0 amide bonds. The van der Waals surface area contributed by atoms with Gasteiger partial charge in [0.2, 0.25) is 0 Å². The molecule has 1 aromatic rings. The Kier molecular flexibility index (Phi) is 3.98. The van der Waals surface area contributed by atoms with Crippen molar-refractivity contribution in [2.24, 2.45) is 12.8 Å². The van der Waals surface area contributed by atoms with Gasteiger partial charge in [-0.3, -0.25) is 4.68 Å². The largest absolute Gasteiger partial charge is 0.327 e. The first-order valence-electron chi connectivity index (χ1n) is 4.87. The quantitative estimate of drug-likeness (QED) is 0.867. The number of rotatable bonds is 4. The van der Waals surface area contributed by atoms with Crippen LogP contribution in [-0.2, 0) is 22.6 Å². The van der Waals surface area contributed by atoms with E-state index in [4.69, 9.17) is 17.3 Å². The Balaban J connectivity index is 2.97. The lowest BCUT2D eigenvalue weighted by Crippen LogP contribution is -2.27. The highest BCUT2D eigenvalue weighted by atomic mass is 35.5. The fraction of sp³-hybridized carbons (Fsp3) is 0.667. The summed E-state index contributed by atoms with van der Waals surface area (Å²) in [6.07, 6.45) is 0. The van der Waals surface area contributed by atoms with Gasteiger partial charge in [0.05, 0.1) is 27.9 Å². The molecule has 92 valence electrons. The van der Waals surface area contributed by atoms with Gasteiger partial charge >= 0.3 is 0 Å². The van der Waals surface area contributed by atoms with Crippen molar-refractivity contribution in [2.45, 2.75) is 25.6 Å². The van der Waals surface area contributed by atoms with Crippen LogP contribution in [0.2, 0.25) is 5.02 Å². The molecule has 0 saturated heterocycles. The van der Waals surface area contributed by atoms with Gasteiger partial charge in [-0.2, -0.15) is 5.10 Å². The van der Waals surface area contributed by atoms with Crippen LogP contribution in [0.15, 0.2) is 0 Å². The Morgan fingerprint density at radius 3 is 2.50 bits per heavy atom. The molecule has 7 heteroatoms. The fourth-order valence-corrected chi connectivity index (χ4v) is 3.48. The Labute approximate surface area is 100 Å². The number of hydrogen-bond donors (Lipinski definition) is 1. The molecular formula is C9H16ClN3O2S. The molecule has 0 radical (unpaired) electrons. The van der Waals surface area contributed by atoms with Crippen LogP contribution in [-0.4, -0.2) is 30.0 Å². The highest BCUT2D eigenvalue weighted by Crippen LogP contribution is 2.21. The molecule has 0 aliphatic rings. The molecule has 1 atom stereocenters. The molecule has 1 heterocycles. The Bertz CT molecular complexity index is 479. The first-order chi connectivity index (χ1) is 7.23. The molecule has 0 spiro atoms. The molecule has 0 aliphatic heterocycles. The van der Waals surface area contributed by atoms with Gasteiger partial charge < -0.3 is 5.73 Å². The Morgan fingerprint density at radius 1 is 1.56 bits per heavy atom. The van der Waals surface area contributed by atoms with Gasteiger partial charge in [-0.15, -0.1) is 0 Å². The maximum Gasteiger partial charge on any atom is 0.157 e. The topological polar surface area (TPSA) is 78.0 Å². The summed E-state index contributed by atoms with van der Waals surface area (Å²) in [4.78, 5) is 0. The van der Waals surface area contributed by atoms with E-state index in [2.05, 4.69) is 5.10 Å². The molecule has 2 N–H and O–H groups in total. The van der Waals surface area contributed by atoms with Gasteiger partial charge in [-0.25, -0.2) is 8.42 Å². The maximum absolute atomic E-state index is 11.7. The third kappa shape index (κ3) is 3.20. The van der Waals surface area contributed by atoms with E-state index >= 15 is 0 Å². The zero-order valence-corrected chi connectivity index (χ0v) is 11.1. The van der Waals surface area contributed by atoms with Crippen LogP contribution >= 0.6 is 11.6 Å². The van der Waals surface area contributed by atoms with Crippen molar-refractivity contribution < 1.29 is 8.42 Å². The van der Waals surface area contributed by atoms with E-state index in [9.17, 15) is 8.42 Å². The van der Waals surface area contributed by atoms with E-state index < -0.39 is 9.84 Å². The molecule has 1 rings (SSSR count). The minimum Gasteiger partial charge on any atom is -0.327 e. The van der Waals surface area contributed by atoms with Gasteiger partial charge in [-0.05, 0) is 13.8 Å². The van der Waals surface area contributed by atoms with E-state index in [0.29, 0.717) is 16.4 Å². The SMILES string of the molecule is Cc1nn(C)c(CS(=O)(=O)CC(C)N)c1Cl. The van der Waals surface area contributed by atoms with Crippen molar-refractivity contribution >= 4 is 21.4 Å². The first-order valence-corrected chi connectivity index (χ1v) is 7.07. The van der Waals surface area contributed by atoms with E-state index in [1.54, 1.807) is 20.9 Å². The summed E-state index contributed by atoms with van der Waals surface area (Å²) in [7, 11) is -1.56. The lowest BCUT2D eigenvalue weighted by atomic mass is 10.4. The van der Waals surface area contributed by atoms with E-state index in [1.807, 2.05) is 0 Å². The number of aryl methyl sites for hydroxylation is 2. The summed E-state index contributed by atoms with van der Waals surface area (Å²) >= 11 is 5.98. The molecule has 5 nitrogen and oxygen atoms in total. The van der Waals surface area contributed by atoms with Crippen molar-refractivity contribution in [1.82, 2.24) is 9.78 Å². The number of hydrogen-bond acceptors (Lipinski definition) is 4.